The predicted octanol–water partition coefficient (Wildman–Crippen LogP) is 1.79. The lowest BCUT2D eigenvalue weighted by Crippen LogP contribution is -2.35. The van der Waals surface area contributed by atoms with Gasteiger partial charge in [0, 0.05) is 64.6 Å². The van der Waals surface area contributed by atoms with E-state index in [0.29, 0.717) is 18.2 Å². The second kappa shape index (κ2) is 7.09. The van der Waals surface area contributed by atoms with Gasteiger partial charge in [0.2, 0.25) is 0 Å². The third-order valence-corrected chi connectivity index (χ3v) is 4.50. The van der Waals surface area contributed by atoms with Gasteiger partial charge in [-0.15, -0.1) is 0 Å². The lowest BCUT2D eigenvalue weighted by Gasteiger charge is -2.26. The maximum atomic E-state index is 13.8. The van der Waals surface area contributed by atoms with E-state index < -0.39 is 0 Å². The van der Waals surface area contributed by atoms with Crippen molar-refractivity contribution in [3.63, 3.8) is 0 Å². The summed E-state index contributed by atoms with van der Waals surface area (Å²) >= 11 is 0. The van der Waals surface area contributed by atoms with Gasteiger partial charge in [0.1, 0.15) is 23.8 Å². The summed E-state index contributed by atoms with van der Waals surface area (Å²) in [5.41, 5.74) is 0.699. The fourth-order valence-electron chi connectivity index (χ4n) is 3.01. The van der Waals surface area contributed by atoms with Crippen LogP contribution in [0, 0.1) is 5.82 Å². The number of aromatic nitrogens is 3. The summed E-state index contributed by atoms with van der Waals surface area (Å²) < 4.78 is 13.8. The molecule has 2 aromatic rings. The molecule has 3 rings (SSSR count). The Morgan fingerprint density at radius 3 is 2.79 bits per heavy atom. The topological polar surface area (TPSA) is 48.4 Å². The Labute approximate surface area is 142 Å². The van der Waals surface area contributed by atoms with Crippen molar-refractivity contribution in [3.8, 4) is 0 Å². The SMILES string of the molecule is CN(C)c1cc(N(C)C2CCN(Cc3ccncc3F)C2)ncn1. The van der Waals surface area contributed by atoms with Crippen molar-refractivity contribution in [1.29, 1.82) is 0 Å². The average Bonchev–Trinajstić information content (AvgIpc) is 3.05. The van der Waals surface area contributed by atoms with Crippen molar-refractivity contribution in [2.24, 2.45) is 0 Å². The van der Waals surface area contributed by atoms with E-state index in [1.807, 2.05) is 25.1 Å². The van der Waals surface area contributed by atoms with Crippen LogP contribution >= 0.6 is 0 Å². The minimum Gasteiger partial charge on any atom is -0.363 e. The highest BCUT2D eigenvalue weighted by molar-refractivity contribution is 5.49. The first-order valence-corrected chi connectivity index (χ1v) is 8.07. The fraction of sp³-hybridized carbons (Fsp3) is 0.471. The summed E-state index contributed by atoms with van der Waals surface area (Å²) in [7, 11) is 5.99. The Hall–Kier alpha value is -2.28. The van der Waals surface area contributed by atoms with Crippen LogP contribution in [0.3, 0.4) is 0 Å². The largest absolute Gasteiger partial charge is 0.363 e. The summed E-state index contributed by atoms with van der Waals surface area (Å²) in [6.07, 6.45) is 5.55. The van der Waals surface area contributed by atoms with E-state index in [9.17, 15) is 4.39 Å². The lowest BCUT2D eigenvalue weighted by molar-refractivity contribution is 0.320. The van der Waals surface area contributed by atoms with Crippen LogP contribution in [0.4, 0.5) is 16.0 Å². The van der Waals surface area contributed by atoms with Gasteiger partial charge in [-0.25, -0.2) is 14.4 Å². The normalized spacial score (nSPS) is 17.9. The zero-order valence-electron chi connectivity index (χ0n) is 14.4. The monoisotopic (exact) mass is 330 g/mol. The highest BCUT2D eigenvalue weighted by atomic mass is 19.1. The molecule has 1 saturated heterocycles. The second-order valence-electron chi connectivity index (χ2n) is 6.38. The van der Waals surface area contributed by atoms with E-state index in [4.69, 9.17) is 0 Å². The number of likely N-dealkylation sites (N-methyl/N-ethyl adjacent to an activating group) is 1. The fourth-order valence-corrected chi connectivity index (χ4v) is 3.01. The van der Waals surface area contributed by atoms with E-state index in [1.54, 1.807) is 18.6 Å². The van der Waals surface area contributed by atoms with Gasteiger partial charge in [0.15, 0.2) is 0 Å². The summed E-state index contributed by atoms with van der Waals surface area (Å²) in [4.78, 5) is 18.9. The van der Waals surface area contributed by atoms with Crippen molar-refractivity contribution >= 4 is 11.6 Å². The van der Waals surface area contributed by atoms with Crippen molar-refractivity contribution in [2.75, 3.05) is 44.0 Å². The molecule has 0 amide bonds. The standard InChI is InChI=1S/C17H23FN6/c1-22(2)16-8-17(21-12-20-16)23(3)14-5-7-24(11-14)10-13-4-6-19-9-15(13)18/h4,6,8-9,12,14H,5,7,10-11H2,1-3H3. The Bertz CT molecular complexity index is 692. The summed E-state index contributed by atoms with van der Waals surface area (Å²) in [6, 6.07) is 4.10. The Balaban J connectivity index is 1.65. The molecule has 1 aliphatic rings. The lowest BCUT2D eigenvalue weighted by atomic mass is 10.2. The molecule has 0 bridgehead atoms. The van der Waals surface area contributed by atoms with Gasteiger partial charge in [-0.3, -0.25) is 9.88 Å². The minimum atomic E-state index is -0.235. The van der Waals surface area contributed by atoms with E-state index in [0.717, 1.165) is 31.1 Å². The Kier molecular flexibility index (Phi) is 4.89. The van der Waals surface area contributed by atoms with Gasteiger partial charge in [-0.1, -0.05) is 0 Å². The average molecular weight is 330 g/mol. The first-order valence-electron chi connectivity index (χ1n) is 8.07. The van der Waals surface area contributed by atoms with Crippen molar-refractivity contribution < 1.29 is 4.39 Å². The zero-order valence-corrected chi connectivity index (χ0v) is 14.4. The molecule has 0 aliphatic carbocycles. The molecule has 0 spiro atoms. The maximum absolute atomic E-state index is 13.8. The molecular formula is C17H23FN6. The third-order valence-electron chi connectivity index (χ3n) is 4.50. The van der Waals surface area contributed by atoms with Crippen LogP contribution in [-0.2, 0) is 6.54 Å². The van der Waals surface area contributed by atoms with Crippen molar-refractivity contribution in [1.82, 2.24) is 19.9 Å². The molecule has 2 aromatic heterocycles. The first-order chi connectivity index (χ1) is 11.5. The number of likely N-dealkylation sites (tertiary alicyclic amines) is 1. The number of pyridine rings is 1. The highest BCUT2D eigenvalue weighted by Gasteiger charge is 2.27. The molecule has 1 fully saturated rings. The Morgan fingerprint density at radius 2 is 2.04 bits per heavy atom. The molecule has 1 aliphatic heterocycles. The number of hydrogen-bond acceptors (Lipinski definition) is 6. The highest BCUT2D eigenvalue weighted by Crippen LogP contribution is 2.23. The summed E-state index contributed by atoms with van der Waals surface area (Å²) in [5, 5.41) is 0. The van der Waals surface area contributed by atoms with E-state index in [2.05, 4.69) is 31.8 Å². The summed E-state index contributed by atoms with van der Waals surface area (Å²) in [6.45, 7) is 2.45. The van der Waals surface area contributed by atoms with Crippen LogP contribution < -0.4 is 9.80 Å². The molecule has 1 unspecified atom stereocenters. The predicted molar refractivity (Wildman–Crippen MR) is 92.6 cm³/mol. The van der Waals surface area contributed by atoms with E-state index in [-0.39, 0.29) is 5.82 Å². The van der Waals surface area contributed by atoms with E-state index >= 15 is 0 Å². The Morgan fingerprint density at radius 1 is 1.25 bits per heavy atom. The van der Waals surface area contributed by atoms with Crippen LogP contribution in [0.15, 0.2) is 30.9 Å². The maximum Gasteiger partial charge on any atom is 0.145 e. The van der Waals surface area contributed by atoms with Crippen LogP contribution in [0.5, 0.6) is 0 Å². The summed E-state index contributed by atoms with van der Waals surface area (Å²) in [5.74, 6) is 1.57. The first kappa shape index (κ1) is 16.6. The molecule has 0 aromatic carbocycles. The molecular weight excluding hydrogens is 307 g/mol. The van der Waals surface area contributed by atoms with Crippen LogP contribution in [-0.4, -0.2) is 60.1 Å². The van der Waals surface area contributed by atoms with Gasteiger partial charge >= 0.3 is 0 Å². The van der Waals surface area contributed by atoms with Crippen LogP contribution in [0.25, 0.3) is 0 Å². The van der Waals surface area contributed by atoms with Crippen molar-refractivity contribution in [3.05, 3.63) is 42.2 Å². The number of nitrogens with zero attached hydrogens (tertiary/aromatic N) is 6. The van der Waals surface area contributed by atoms with Gasteiger partial charge in [-0.2, -0.15) is 0 Å². The van der Waals surface area contributed by atoms with Crippen molar-refractivity contribution in [2.45, 2.75) is 19.0 Å². The van der Waals surface area contributed by atoms with Crippen LogP contribution in [0.1, 0.15) is 12.0 Å². The van der Waals surface area contributed by atoms with Gasteiger partial charge in [0.05, 0.1) is 6.20 Å². The molecule has 0 radical (unpaired) electrons. The van der Waals surface area contributed by atoms with Gasteiger partial charge in [-0.05, 0) is 12.5 Å². The number of hydrogen-bond donors (Lipinski definition) is 0. The molecule has 0 N–H and O–H groups in total. The molecule has 0 saturated carbocycles. The minimum absolute atomic E-state index is 0.235. The quantitative estimate of drug-likeness (QED) is 0.833. The third kappa shape index (κ3) is 3.62. The van der Waals surface area contributed by atoms with Gasteiger partial charge < -0.3 is 9.80 Å². The molecule has 7 heteroatoms. The molecule has 3 heterocycles. The number of rotatable bonds is 5. The molecule has 1 atom stereocenters. The zero-order chi connectivity index (χ0) is 17.1. The van der Waals surface area contributed by atoms with E-state index in [1.165, 1.54) is 6.20 Å². The smallest absolute Gasteiger partial charge is 0.145 e. The molecule has 6 nitrogen and oxygen atoms in total. The number of halogens is 1. The molecule has 24 heavy (non-hydrogen) atoms. The number of anilines is 2. The van der Waals surface area contributed by atoms with Gasteiger partial charge in [0.25, 0.3) is 0 Å². The molecule has 128 valence electrons. The van der Waals surface area contributed by atoms with Crippen LogP contribution in [0.2, 0.25) is 0 Å². The second-order valence-corrected chi connectivity index (χ2v) is 6.38.